The van der Waals surface area contributed by atoms with Gasteiger partial charge in [0.1, 0.15) is 10.1 Å². The fourth-order valence-corrected chi connectivity index (χ4v) is 2.50. The molecule has 0 aromatic carbocycles. The van der Waals surface area contributed by atoms with Crippen molar-refractivity contribution >= 4 is 27.0 Å². The first-order valence-corrected chi connectivity index (χ1v) is 6.67. The zero-order valence-corrected chi connectivity index (χ0v) is 11.3. The predicted octanol–water partition coefficient (Wildman–Crippen LogP) is 3.20. The van der Waals surface area contributed by atoms with Gasteiger partial charge in [-0.2, -0.15) is 5.10 Å². The van der Waals surface area contributed by atoms with E-state index in [1.54, 1.807) is 6.20 Å². The summed E-state index contributed by atoms with van der Waals surface area (Å²) in [4.78, 5) is 4.47. The summed E-state index contributed by atoms with van der Waals surface area (Å²) in [5, 5.41) is 4.41. The van der Waals surface area contributed by atoms with E-state index in [2.05, 4.69) is 32.1 Å². The minimum absolute atomic E-state index is 0.0728. The quantitative estimate of drug-likeness (QED) is 0.759. The number of aryl methyl sites for hydroxylation is 1. The fourth-order valence-electron chi connectivity index (χ4n) is 2.19. The van der Waals surface area contributed by atoms with Gasteiger partial charge >= 0.3 is 0 Å². The monoisotopic (exact) mass is 295 g/mol. The van der Waals surface area contributed by atoms with Gasteiger partial charge < -0.3 is 4.74 Å². The minimum Gasteiger partial charge on any atom is -0.356 e. The molecule has 0 radical (unpaired) electrons. The Balaban J connectivity index is 2.07. The Hall–Kier alpha value is -0.940. The largest absolute Gasteiger partial charge is 0.356 e. The van der Waals surface area contributed by atoms with Crippen molar-refractivity contribution in [1.82, 2.24) is 14.8 Å². The summed E-state index contributed by atoms with van der Waals surface area (Å²) in [5.41, 5.74) is 3.09. The molecule has 5 heteroatoms. The van der Waals surface area contributed by atoms with Gasteiger partial charge in [0.05, 0.1) is 11.7 Å². The Kier molecular flexibility index (Phi) is 2.88. The van der Waals surface area contributed by atoms with Crippen molar-refractivity contribution < 1.29 is 4.74 Å². The van der Waals surface area contributed by atoms with E-state index >= 15 is 0 Å². The highest BCUT2D eigenvalue weighted by molar-refractivity contribution is 9.10. The molecule has 1 aliphatic heterocycles. The van der Waals surface area contributed by atoms with Gasteiger partial charge in [0, 0.05) is 6.61 Å². The van der Waals surface area contributed by atoms with Crippen LogP contribution in [0.15, 0.2) is 16.9 Å². The summed E-state index contributed by atoms with van der Waals surface area (Å²) in [7, 11) is 0. The normalized spacial score (nSPS) is 20.9. The second kappa shape index (κ2) is 4.38. The van der Waals surface area contributed by atoms with E-state index in [0.717, 1.165) is 40.6 Å². The Morgan fingerprint density at radius 2 is 2.35 bits per heavy atom. The summed E-state index contributed by atoms with van der Waals surface area (Å²) in [6.07, 6.45) is 5.26. The summed E-state index contributed by atoms with van der Waals surface area (Å²) >= 11 is 3.44. The summed E-state index contributed by atoms with van der Waals surface area (Å²) in [6, 6.07) is 2.11. The Labute approximate surface area is 108 Å². The Morgan fingerprint density at radius 1 is 1.47 bits per heavy atom. The molecule has 1 aliphatic rings. The summed E-state index contributed by atoms with van der Waals surface area (Å²) < 4.78 is 8.60. The Bertz CT molecular complexity index is 546. The molecule has 90 valence electrons. The standard InChI is InChI=1S/C12H14BrN3O/c1-8-6-10-9(15-12(8)13)7-14-16(10)11-4-2-3-5-17-11/h6-7,11H,2-5H2,1H3. The zero-order valence-electron chi connectivity index (χ0n) is 9.69. The van der Waals surface area contributed by atoms with Crippen LogP contribution in [0.3, 0.4) is 0 Å². The van der Waals surface area contributed by atoms with Crippen LogP contribution in [0.2, 0.25) is 0 Å². The lowest BCUT2D eigenvalue weighted by molar-refractivity contribution is -0.0366. The number of pyridine rings is 1. The number of ether oxygens (including phenoxy) is 1. The highest BCUT2D eigenvalue weighted by Crippen LogP contribution is 2.27. The van der Waals surface area contributed by atoms with E-state index in [4.69, 9.17) is 4.74 Å². The second-order valence-corrected chi connectivity index (χ2v) is 5.16. The van der Waals surface area contributed by atoms with E-state index < -0.39 is 0 Å². The van der Waals surface area contributed by atoms with Gasteiger partial charge in [0.15, 0.2) is 6.23 Å². The highest BCUT2D eigenvalue weighted by Gasteiger charge is 2.19. The number of rotatable bonds is 1. The first-order chi connectivity index (χ1) is 8.25. The van der Waals surface area contributed by atoms with E-state index in [-0.39, 0.29) is 6.23 Å². The Morgan fingerprint density at radius 3 is 3.12 bits per heavy atom. The third-order valence-electron chi connectivity index (χ3n) is 3.14. The molecular weight excluding hydrogens is 282 g/mol. The van der Waals surface area contributed by atoms with Crippen LogP contribution < -0.4 is 0 Å². The van der Waals surface area contributed by atoms with Crippen molar-refractivity contribution in [2.45, 2.75) is 32.4 Å². The summed E-state index contributed by atoms with van der Waals surface area (Å²) in [5.74, 6) is 0. The minimum atomic E-state index is 0.0728. The number of hydrogen-bond acceptors (Lipinski definition) is 3. The molecule has 3 rings (SSSR count). The number of nitrogens with zero attached hydrogens (tertiary/aromatic N) is 3. The van der Waals surface area contributed by atoms with Crippen LogP contribution in [-0.2, 0) is 4.74 Å². The third kappa shape index (κ3) is 1.98. The van der Waals surface area contributed by atoms with Crippen molar-refractivity contribution in [3.63, 3.8) is 0 Å². The molecule has 0 N–H and O–H groups in total. The smallest absolute Gasteiger partial charge is 0.150 e. The van der Waals surface area contributed by atoms with Gasteiger partial charge in [0.2, 0.25) is 0 Å². The number of aromatic nitrogens is 3. The molecule has 3 heterocycles. The van der Waals surface area contributed by atoms with E-state index in [1.165, 1.54) is 6.42 Å². The molecule has 0 amide bonds. The van der Waals surface area contributed by atoms with Gasteiger partial charge in [-0.25, -0.2) is 9.67 Å². The first kappa shape index (κ1) is 11.2. The molecule has 0 saturated carbocycles. The first-order valence-electron chi connectivity index (χ1n) is 5.87. The molecule has 1 saturated heterocycles. The van der Waals surface area contributed by atoms with Gasteiger partial charge in [-0.05, 0) is 53.7 Å². The molecule has 17 heavy (non-hydrogen) atoms. The van der Waals surface area contributed by atoms with Crippen LogP contribution in [0.4, 0.5) is 0 Å². The topological polar surface area (TPSA) is 39.9 Å². The van der Waals surface area contributed by atoms with Crippen LogP contribution in [0.1, 0.15) is 31.1 Å². The van der Waals surface area contributed by atoms with Crippen molar-refractivity contribution in [2.75, 3.05) is 6.61 Å². The van der Waals surface area contributed by atoms with Crippen LogP contribution in [0, 0.1) is 6.92 Å². The van der Waals surface area contributed by atoms with Gasteiger partial charge in [0.25, 0.3) is 0 Å². The van der Waals surface area contributed by atoms with Gasteiger partial charge in [-0.15, -0.1) is 0 Å². The maximum Gasteiger partial charge on any atom is 0.150 e. The predicted molar refractivity (Wildman–Crippen MR) is 68.8 cm³/mol. The van der Waals surface area contributed by atoms with E-state index in [1.807, 2.05) is 11.6 Å². The SMILES string of the molecule is Cc1cc2c(cnn2C2CCCCO2)nc1Br. The average Bonchev–Trinajstić information content (AvgIpc) is 2.74. The third-order valence-corrected chi connectivity index (χ3v) is 3.94. The van der Waals surface area contributed by atoms with Crippen molar-refractivity contribution in [1.29, 1.82) is 0 Å². The van der Waals surface area contributed by atoms with Gasteiger partial charge in [-0.3, -0.25) is 0 Å². The van der Waals surface area contributed by atoms with Crippen LogP contribution in [0.25, 0.3) is 11.0 Å². The van der Waals surface area contributed by atoms with Gasteiger partial charge in [-0.1, -0.05) is 0 Å². The number of hydrogen-bond donors (Lipinski definition) is 0. The maximum atomic E-state index is 5.76. The lowest BCUT2D eigenvalue weighted by atomic mass is 10.2. The van der Waals surface area contributed by atoms with Crippen LogP contribution in [0.5, 0.6) is 0 Å². The van der Waals surface area contributed by atoms with Crippen LogP contribution >= 0.6 is 15.9 Å². The zero-order chi connectivity index (χ0) is 11.8. The molecule has 0 bridgehead atoms. The molecular formula is C12H14BrN3O. The van der Waals surface area contributed by atoms with Crippen LogP contribution in [-0.4, -0.2) is 21.4 Å². The van der Waals surface area contributed by atoms with E-state index in [9.17, 15) is 0 Å². The molecule has 1 fully saturated rings. The molecule has 4 nitrogen and oxygen atoms in total. The highest BCUT2D eigenvalue weighted by atomic mass is 79.9. The number of halogens is 1. The lowest BCUT2D eigenvalue weighted by Gasteiger charge is -2.23. The van der Waals surface area contributed by atoms with Crippen molar-refractivity contribution in [2.24, 2.45) is 0 Å². The molecule has 0 spiro atoms. The number of fused-ring (bicyclic) bond motifs is 1. The van der Waals surface area contributed by atoms with Crippen molar-refractivity contribution in [3.05, 3.63) is 22.4 Å². The summed E-state index contributed by atoms with van der Waals surface area (Å²) in [6.45, 7) is 2.87. The molecule has 2 aromatic rings. The van der Waals surface area contributed by atoms with E-state index in [0.29, 0.717) is 0 Å². The second-order valence-electron chi connectivity index (χ2n) is 4.41. The molecule has 0 aliphatic carbocycles. The lowest BCUT2D eigenvalue weighted by Crippen LogP contribution is -2.19. The molecule has 2 aromatic heterocycles. The van der Waals surface area contributed by atoms with Crippen molar-refractivity contribution in [3.8, 4) is 0 Å². The molecule has 1 unspecified atom stereocenters. The fraction of sp³-hybridized carbons (Fsp3) is 0.500. The molecule has 1 atom stereocenters. The maximum absolute atomic E-state index is 5.76. The average molecular weight is 296 g/mol.